The molecule has 0 aliphatic rings. The summed E-state index contributed by atoms with van der Waals surface area (Å²) in [4.78, 5) is 19.9. The number of carbonyl (C=O) groups is 2. The molecule has 0 spiro atoms. The molecule has 4 aromatic carbocycles. The van der Waals surface area contributed by atoms with Gasteiger partial charge in [0.2, 0.25) is 0 Å². The third kappa shape index (κ3) is 34.8. The van der Waals surface area contributed by atoms with Gasteiger partial charge < -0.3 is 24.4 Å². The summed E-state index contributed by atoms with van der Waals surface area (Å²) in [5, 5.41) is 20.9. The molecule has 0 atom stereocenters. The molecule has 0 N–H and O–H groups in total. The van der Waals surface area contributed by atoms with Crippen LogP contribution in [0.4, 0.5) is 0 Å². The first-order valence-corrected chi connectivity index (χ1v) is 41.3. The van der Waals surface area contributed by atoms with E-state index in [1.165, 1.54) is 190 Å². The number of rotatable bonds is 39. The zero-order valence-electron chi connectivity index (χ0n) is 53.9. The molecule has 0 saturated heterocycles. The van der Waals surface area contributed by atoms with Crippen LogP contribution in [0.15, 0.2) is 114 Å². The van der Waals surface area contributed by atoms with E-state index in [0.717, 1.165) is 17.8 Å². The van der Waals surface area contributed by atoms with Gasteiger partial charge in [-0.1, -0.05) is 213 Å². The Hall–Kier alpha value is -2.98. The maximum atomic E-state index is 10.6. The number of aromatic carboxylic acids is 2. The Morgan fingerprint density at radius 3 is 0.780 bits per heavy atom. The molecule has 82 heavy (non-hydrogen) atoms. The zero-order chi connectivity index (χ0) is 61.3. The minimum Gasteiger partial charge on any atom is -0.744 e. The monoisotopic (exact) mass is 1210 g/mol. The summed E-state index contributed by atoms with van der Waals surface area (Å²) in [7, 11) is -7.37. The maximum absolute atomic E-state index is 10.6. The molecule has 0 radical (unpaired) electrons. The van der Waals surface area contributed by atoms with Crippen LogP contribution in [-0.4, -0.2) is 80.4 Å². The number of hydrogen-bond acceptors (Lipinski definition) is 7. The number of carbonyl (C=O) groups excluding carboxylic acids is 2. The van der Waals surface area contributed by atoms with Crippen molar-refractivity contribution in [2.45, 2.75) is 222 Å². The van der Waals surface area contributed by atoms with Gasteiger partial charge in [0.05, 0.1) is 90.8 Å². The van der Waals surface area contributed by atoms with Gasteiger partial charge in [-0.25, -0.2) is 8.42 Å². The molecule has 0 aromatic heterocycles. The first kappa shape index (κ1) is 77.0. The van der Waals surface area contributed by atoms with Gasteiger partial charge in [-0.2, -0.15) is 0 Å². The fourth-order valence-corrected chi connectivity index (χ4v) is 26.5. The van der Waals surface area contributed by atoms with Crippen molar-refractivity contribution in [3.05, 3.63) is 137 Å². The lowest BCUT2D eigenvalue weighted by Gasteiger charge is -2.28. The number of carboxylic acid groups (broad SMARTS) is 2. The Kier molecular flexibility index (Phi) is 41.8. The summed E-state index contributed by atoms with van der Waals surface area (Å²) in [6.07, 6.45) is 43.2. The van der Waals surface area contributed by atoms with Crippen LogP contribution in [0.25, 0.3) is 0 Å². The summed E-state index contributed by atoms with van der Waals surface area (Å²) >= 11 is 0. The molecule has 11 heteroatoms. The SMILES string of the molecule is CCCC[P+](CCCC)(CCCC(C)C)Cc1ccccc1.CCCC[P+](CCCC)(CCCC(C)C)Cc1ccccc1.CCCC[P+](CCCC)(CCCC(C)C)Cc1ccccc1.O=C([O-])c1cc(C(=O)[O-])cc(S(=O)(=O)[O-])c1. The highest BCUT2D eigenvalue weighted by atomic mass is 32.2. The molecule has 0 bridgehead atoms. The fraction of sp³-hybridized carbons (Fsp3) is 0.634. The van der Waals surface area contributed by atoms with Crippen molar-refractivity contribution in [3.63, 3.8) is 0 Å². The molecule has 0 fully saturated rings. The summed E-state index contributed by atoms with van der Waals surface area (Å²) in [6.45, 7) is 28.3. The highest BCUT2D eigenvalue weighted by molar-refractivity contribution is 7.85. The van der Waals surface area contributed by atoms with E-state index in [9.17, 15) is 32.8 Å². The quantitative estimate of drug-likeness (QED) is 0.0320. The molecule has 0 aliphatic heterocycles. The van der Waals surface area contributed by atoms with E-state index < -0.39 is 59.9 Å². The van der Waals surface area contributed by atoms with Crippen molar-refractivity contribution < 1.29 is 32.8 Å². The Balaban J connectivity index is 0.000000550. The predicted octanol–water partition coefficient (Wildman–Crippen LogP) is 19.0. The van der Waals surface area contributed by atoms with E-state index in [1.807, 2.05) is 0 Å². The molecule has 0 amide bonds. The maximum Gasteiger partial charge on any atom is 0.124 e. The van der Waals surface area contributed by atoms with Crippen LogP contribution in [0.3, 0.4) is 0 Å². The van der Waals surface area contributed by atoms with Gasteiger partial charge in [-0.15, -0.1) is 0 Å². The Morgan fingerprint density at radius 2 is 0.598 bits per heavy atom. The van der Waals surface area contributed by atoms with E-state index in [4.69, 9.17) is 0 Å². The topological polar surface area (TPSA) is 137 Å². The molecular weight excluding hydrogens is 1090 g/mol. The van der Waals surface area contributed by atoms with E-state index in [1.54, 1.807) is 16.7 Å². The first-order chi connectivity index (χ1) is 39.1. The minimum absolute atomic E-state index is 0.518. The molecule has 0 aliphatic carbocycles. The first-order valence-electron chi connectivity index (χ1n) is 32.3. The van der Waals surface area contributed by atoms with Crippen LogP contribution in [0.2, 0.25) is 0 Å². The zero-order valence-corrected chi connectivity index (χ0v) is 57.4. The van der Waals surface area contributed by atoms with Gasteiger partial charge in [-0.3, -0.25) is 0 Å². The van der Waals surface area contributed by atoms with E-state index in [0.29, 0.717) is 18.2 Å². The molecule has 0 unspecified atom stereocenters. The van der Waals surface area contributed by atoms with Crippen molar-refractivity contribution in [2.75, 3.05) is 55.5 Å². The average molecular weight is 1210 g/mol. The Labute approximate surface area is 506 Å². The highest BCUT2D eigenvalue weighted by Crippen LogP contribution is 2.65. The van der Waals surface area contributed by atoms with E-state index in [2.05, 4.69) is 174 Å². The molecule has 7 nitrogen and oxygen atoms in total. The third-order valence-corrected chi connectivity index (χ3v) is 31.2. The van der Waals surface area contributed by atoms with E-state index in [-0.39, 0.29) is 0 Å². The van der Waals surface area contributed by atoms with Gasteiger partial charge in [0.1, 0.15) is 10.1 Å². The van der Waals surface area contributed by atoms with Crippen LogP contribution in [-0.2, 0) is 28.6 Å². The summed E-state index contributed by atoms with van der Waals surface area (Å²) in [5.41, 5.74) is 3.32. The summed E-state index contributed by atoms with van der Waals surface area (Å²) in [5.74, 6) is -1.02. The van der Waals surface area contributed by atoms with E-state index >= 15 is 0 Å². The van der Waals surface area contributed by atoms with Gasteiger partial charge in [0, 0.05) is 21.8 Å². The van der Waals surface area contributed by atoms with Crippen molar-refractivity contribution in [3.8, 4) is 0 Å². The molecule has 4 aromatic rings. The normalized spacial score (nSPS) is 11.9. The summed E-state index contributed by atoms with van der Waals surface area (Å²) in [6, 6.07) is 35.6. The number of unbranched alkanes of at least 4 members (excludes halogenated alkanes) is 6. The number of benzene rings is 4. The largest absolute Gasteiger partial charge is 0.744 e. The average Bonchev–Trinajstić information content (AvgIpc) is 3.50. The lowest BCUT2D eigenvalue weighted by molar-refractivity contribution is -0.255. The van der Waals surface area contributed by atoms with Gasteiger partial charge in [-0.05, 0) is 141 Å². The molecular formula is C71H117O7P3S. The van der Waals surface area contributed by atoms with Crippen LogP contribution in [0.1, 0.15) is 236 Å². The number of carboxylic acids is 2. The fourth-order valence-electron chi connectivity index (χ4n) is 11.1. The minimum atomic E-state index is -4.95. The molecule has 0 heterocycles. The van der Waals surface area contributed by atoms with Gasteiger partial charge in [0.15, 0.2) is 0 Å². The van der Waals surface area contributed by atoms with Crippen molar-refractivity contribution in [1.82, 2.24) is 0 Å². The highest BCUT2D eigenvalue weighted by Gasteiger charge is 2.38. The molecule has 464 valence electrons. The smallest absolute Gasteiger partial charge is 0.124 e. The van der Waals surface area contributed by atoms with Crippen LogP contribution >= 0.6 is 21.8 Å². The standard InChI is InChI=1S/3C21H38P.C8H6O7S/c3*1-5-7-16-22(17-8-6-2,18-12-13-20(3)4)19-21-14-10-9-11-15-21;9-7(10)4-1-5(8(11)12)3-6(2-4)16(13,14)15/h3*9-11,14-15,20H,5-8,12-13,16-19H2,1-4H3;1-3H,(H,9,10)(H,11,12)(H,13,14,15)/q3*+1;/p-3. The summed E-state index contributed by atoms with van der Waals surface area (Å²) < 4.78 is 31.8. The second kappa shape index (κ2) is 44.5. The van der Waals surface area contributed by atoms with Crippen LogP contribution in [0.5, 0.6) is 0 Å². The second-order valence-electron chi connectivity index (χ2n) is 25.0. The third-order valence-electron chi connectivity index (χ3n) is 15.9. The number of hydrogen-bond donors (Lipinski definition) is 0. The van der Waals surface area contributed by atoms with Crippen molar-refractivity contribution in [1.29, 1.82) is 0 Å². The Bertz CT molecular complexity index is 2110. The lowest BCUT2D eigenvalue weighted by atomic mass is 10.1. The van der Waals surface area contributed by atoms with Crippen molar-refractivity contribution >= 4 is 43.8 Å². The van der Waals surface area contributed by atoms with Crippen molar-refractivity contribution in [2.24, 2.45) is 17.8 Å². The molecule has 4 rings (SSSR count). The predicted molar refractivity (Wildman–Crippen MR) is 360 cm³/mol. The van der Waals surface area contributed by atoms with Gasteiger partial charge >= 0.3 is 0 Å². The molecule has 0 saturated carbocycles. The van der Waals surface area contributed by atoms with Crippen LogP contribution in [0, 0.1) is 17.8 Å². The second-order valence-corrected chi connectivity index (χ2v) is 39.4. The Morgan fingerprint density at radius 1 is 0.378 bits per heavy atom. The lowest BCUT2D eigenvalue weighted by Crippen LogP contribution is -2.26. The van der Waals surface area contributed by atoms with Crippen LogP contribution < -0.4 is 10.2 Å². The van der Waals surface area contributed by atoms with Gasteiger partial charge in [0.25, 0.3) is 0 Å².